The number of carbonyl (C=O) groups excluding carboxylic acids is 1. The number of fused-ring (bicyclic) bond motifs is 2. The highest BCUT2D eigenvalue weighted by Gasteiger charge is 2.09. The summed E-state index contributed by atoms with van der Waals surface area (Å²) in [5, 5.41) is 5.81. The molecule has 0 aliphatic carbocycles. The van der Waals surface area contributed by atoms with Crippen LogP contribution in [0.3, 0.4) is 0 Å². The quantitative estimate of drug-likeness (QED) is 0.205. The van der Waals surface area contributed by atoms with Crippen molar-refractivity contribution in [2.45, 2.75) is 25.7 Å². The maximum atomic E-state index is 10.8. The van der Waals surface area contributed by atoms with Crippen LogP contribution in [-0.2, 0) is 21.3 Å². The van der Waals surface area contributed by atoms with Gasteiger partial charge in [-0.1, -0.05) is 48.5 Å². The van der Waals surface area contributed by atoms with Gasteiger partial charge in [0, 0.05) is 22.9 Å². The molecule has 6 N–H and O–H groups in total. The Bertz CT molecular complexity index is 1290. The van der Waals surface area contributed by atoms with E-state index in [-0.39, 0.29) is 11.4 Å². The minimum Gasteiger partial charge on any atom is -0.412 e. The smallest absolute Gasteiger partial charge is 0.261 e. The summed E-state index contributed by atoms with van der Waals surface area (Å²) in [5.74, 6) is -0.226. The van der Waals surface area contributed by atoms with Gasteiger partial charge in [-0.25, -0.2) is 4.98 Å². The van der Waals surface area contributed by atoms with Crippen molar-refractivity contribution in [2.75, 3.05) is 11.6 Å². The molecule has 4 aromatic rings. The molecule has 0 radical (unpaired) electrons. The molecule has 0 aliphatic heterocycles. The molecule has 0 spiro atoms. The first-order chi connectivity index (χ1) is 15.7. The summed E-state index contributed by atoms with van der Waals surface area (Å²) in [6, 6.07) is 24.9. The van der Waals surface area contributed by atoms with E-state index in [2.05, 4.69) is 41.7 Å². The fraction of sp³-hybridized carbons (Fsp3) is 0.200. The van der Waals surface area contributed by atoms with Crippen LogP contribution < -0.4 is 11.1 Å². The number of anilines is 2. The zero-order chi connectivity index (χ0) is 23.8. The fourth-order valence-electron chi connectivity index (χ4n) is 3.50. The molecular weight excluding hydrogens is 454 g/mol. The highest BCUT2D eigenvalue weighted by molar-refractivity contribution is 7.85. The van der Waals surface area contributed by atoms with Gasteiger partial charge in [0.05, 0.1) is 23.0 Å². The summed E-state index contributed by atoms with van der Waals surface area (Å²) in [6.45, 7) is 0. The molecule has 0 saturated carbocycles. The highest BCUT2D eigenvalue weighted by Crippen LogP contribution is 2.33. The largest absolute Gasteiger partial charge is 0.412 e. The number of hydrogen-bond acceptors (Lipinski definition) is 5. The third-order valence-electron chi connectivity index (χ3n) is 4.95. The van der Waals surface area contributed by atoms with Crippen molar-refractivity contribution < 1.29 is 23.2 Å². The van der Waals surface area contributed by atoms with Gasteiger partial charge in [0.25, 0.3) is 10.1 Å². The van der Waals surface area contributed by atoms with E-state index in [9.17, 15) is 13.2 Å². The first-order valence-electron chi connectivity index (χ1n) is 10.5. The van der Waals surface area contributed by atoms with E-state index in [1.165, 1.54) is 5.56 Å². The number of pyridine rings is 1. The molecule has 1 amide bonds. The minimum absolute atomic E-state index is 0. The lowest BCUT2D eigenvalue weighted by molar-refractivity contribution is -0.118. The average Bonchev–Trinajstić information content (AvgIpc) is 2.76. The number of nitrogens with one attached hydrogen (secondary N) is 1. The molecule has 0 unspecified atom stereocenters. The summed E-state index contributed by atoms with van der Waals surface area (Å²) in [7, 11) is -3.67. The second-order valence-electron chi connectivity index (χ2n) is 7.75. The Hall–Kier alpha value is -3.53. The SMILES string of the molecule is CS(=O)(=O)O.NC(=O)CCCCc1ccc(Nc2c3ccccc3nc3ccccc23)cc1.O. The van der Waals surface area contributed by atoms with Crippen LogP contribution in [-0.4, -0.2) is 35.6 Å². The van der Waals surface area contributed by atoms with Gasteiger partial charge in [-0.05, 0) is 49.1 Å². The van der Waals surface area contributed by atoms with Gasteiger partial charge >= 0.3 is 0 Å². The number of nitrogens with two attached hydrogens (primary N) is 1. The van der Waals surface area contributed by atoms with Crippen molar-refractivity contribution in [1.82, 2.24) is 4.98 Å². The van der Waals surface area contributed by atoms with Gasteiger partial charge in [0.15, 0.2) is 0 Å². The third kappa shape index (κ3) is 8.11. The molecule has 4 rings (SSSR count). The second kappa shape index (κ2) is 12.1. The number of nitrogens with zero attached hydrogens (tertiary/aromatic N) is 1. The van der Waals surface area contributed by atoms with Gasteiger partial charge in [-0.15, -0.1) is 0 Å². The minimum atomic E-state index is -3.67. The Balaban J connectivity index is 0.000000619. The van der Waals surface area contributed by atoms with Crippen molar-refractivity contribution in [3.63, 3.8) is 0 Å². The molecule has 0 fully saturated rings. The van der Waals surface area contributed by atoms with Crippen molar-refractivity contribution in [3.8, 4) is 0 Å². The first-order valence-corrected chi connectivity index (χ1v) is 12.4. The van der Waals surface area contributed by atoms with Crippen molar-refractivity contribution in [3.05, 3.63) is 78.4 Å². The highest BCUT2D eigenvalue weighted by atomic mass is 32.2. The number of rotatable bonds is 7. The van der Waals surface area contributed by atoms with Crippen LogP contribution in [0.2, 0.25) is 0 Å². The molecule has 0 atom stereocenters. The Morgan fingerprint density at radius 3 is 1.91 bits per heavy atom. The van der Waals surface area contributed by atoms with E-state index in [1.807, 2.05) is 36.4 Å². The lowest BCUT2D eigenvalue weighted by atomic mass is 10.1. The molecule has 3 aromatic carbocycles. The number of hydrogen-bond donors (Lipinski definition) is 3. The topological polar surface area (TPSA) is 154 Å². The second-order valence-corrected chi connectivity index (χ2v) is 9.22. The predicted molar refractivity (Wildman–Crippen MR) is 137 cm³/mol. The molecular formula is C25H29N3O5S. The number of para-hydroxylation sites is 2. The molecule has 1 aromatic heterocycles. The predicted octanol–water partition coefficient (Wildman–Crippen LogP) is 4.01. The molecule has 9 heteroatoms. The summed E-state index contributed by atoms with van der Waals surface area (Å²) >= 11 is 0. The molecule has 0 aliphatic rings. The van der Waals surface area contributed by atoms with E-state index in [4.69, 9.17) is 15.3 Å². The average molecular weight is 484 g/mol. The maximum absolute atomic E-state index is 10.8. The third-order valence-corrected chi connectivity index (χ3v) is 4.95. The number of carbonyl (C=O) groups is 1. The Labute approximate surface area is 198 Å². The number of aromatic nitrogens is 1. The number of primary amides is 1. The summed E-state index contributed by atoms with van der Waals surface area (Å²) in [5.41, 5.74) is 10.5. The Kier molecular flexibility index (Phi) is 9.49. The van der Waals surface area contributed by atoms with Gasteiger partial charge in [-0.2, -0.15) is 8.42 Å². The lowest BCUT2D eigenvalue weighted by Crippen LogP contribution is -2.09. The van der Waals surface area contributed by atoms with Crippen LogP contribution in [0.25, 0.3) is 21.8 Å². The van der Waals surface area contributed by atoms with Crippen LogP contribution >= 0.6 is 0 Å². The van der Waals surface area contributed by atoms with E-state index >= 15 is 0 Å². The summed E-state index contributed by atoms with van der Waals surface area (Å²) in [4.78, 5) is 15.6. The van der Waals surface area contributed by atoms with E-state index in [0.29, 0.717) is 12.7 Å². The molecule has 0 saturated heterocycles. The van der Waals surface area contributed by atoms with Crippen molar-refractivity contribution in [1.29, 1.82) is 0 Å². The maximum Gasteiger partial charge on any atom is 0.261 e. The van der Waals surface area contributed by atoms with Gasteiger partial charge in [-0.3, -0.25) is 9.35 Å². The van der Waals surface area contributed by atoms with Gasteiger partial charge in [0.1, 0.15) is 0 Å². The lowest BCUT2D eigenvalue weighted by Gasteiger charge is -2.13. The zero-order valence-corrected chi connectivity index (χ0v) is 19.7. The number of benzene rings is 3. The Morgan fingerprint density at radius 2 is 1.41 bits per heavy atom. The monoisotopic (exact) mass is 483 g/mol. The van der Waals surface area contributed by atoms with Gasteiger partial charge in [0.2, 0.25) is 5.91 Å². The van der Waals surface area contributed by atoms with Crippen LogP contribution in [0.4, 0.5) is 11.4 Å². The number of aryl methyl sites for hydroxylation is 1. The van der Waals surface area contributed by atoms with Gasteiger partial charge < -0.3 is 16.5 Å². The van der Waals surface area contributed by atoms with Crippen LogP contribution in [0, 0.1) is 0 Å². The zero-order valence-electron chi connectivity index (χ0n) is 18.9. The Morgan fingerprint density at radius 1 is 0.912 bits per heavy atom. The first kappa shape index (κ1) is 26.7. The fourth-order valence-corrected chi connectivity index (χ4v) is 3.50. The summed E-state index contributed by atoms with van der Waals surface area (Å²) in [6.07, 6.45) is 3.93. The van der Waals surface area contributed by atoms with Crippen molar-refractivity contribution in [2.24, 2.45) is 5.73 Å². The van der Waals surface area contributed by atoms with Crippen LogP contribution in [0.1, 0.15) is 24.8 Å². The molecule has 1 heterocycles. The molecule has 0 bridgehead atoms. The number of unbranched alkanes of at least 4 members (excludes halogenated alkanes) is 1. The van der Waals surface area contributed by atoms with Crippen LogP contribution in [0.15, 0.2) is 72.8 Å². The normalized spacial score (nSPS) is 10.8. The van der Waals surface area contributed by atoms with Crippen molar-refractivity contribution >= 4 is 49.2 Å². The molecule has 8 nitrogen and oxygen atoms in total. The van der Waals surface area contributed by atoms with E-state index in [1.54, 1.807) is 0 Å². The summed E-state index contributed by atoms with van der Waals surface area (Å²) < 4.78 is 25.9. The van der Waals surface area contributed by atoms with E-state index in [0.717, 1.165) is 52.4 Å². The van der Waals surface area contributed by atoms with Crippen LogP contribution in [0.5, 0.6) is 0 Å². The standard InChI is InChI=1S/C24H23N3O.CH4O3S.H2O/c25-23(28)12-6-1-7-17-13-15-18(16-14-17)26-24-19-8-2-4-10-21(19)27-22-11-5-3-9-20(22)24;1-5(2,3)4;/h2-5,8-11,13-16H,1,6-7,12H2,(H2,25,28)(H,26,27);1H3,(H,2,3,4);1H2. The molecule has 180 valence electrons. The van der Waals surface area contributed by atoms with E-state index < -0.39 is 10.1 Å². The number of amides is 1. The molecule has 34 heavy (non-hydrogen) atoms.